The SMILES string of the molecule is C=C1C=C[C@@]2(CO)C(CC[C@H]3[C@@H]4[C@@H](CC)CC(=O)[C@@]4(C)CC[C@@H]32)C1. The van der Waals surface area contributed by atoms with Gasteiger partial charge < -0.3 is 5.11 Å². The molecule has 4 aliphatic rings. The van der Waals surface area contributed by atoms with Gasteiger partial charge in [-0.2, -0.15) is 0 Å². The number of allylic oxidation sites excluding steroid dienone is 2. The molecule has 4 rings (SSSR count). The summed E-state index contributed by atoms with van der Waals surface area (Å²) in [4.78, 5) is 12.8. The lowest BCUT2D eigenvalue weighted by atomic mass is 9.45. The van der Waals surface area contributed by atoms with Crippen LogP contribution in [0.5, 0.6) is 0 Å². The van der Waals surface area contributed by atoms with Gasteiger partial charge in [0.05, 0.1) is 6.61 Å². The van der Waals surface area contributed by atoms with Gasteiger partial charge in [0.25, 0.3) is 0 Å². The zero-order valence-corrected chi connectivity index (χ0v) is 15.3. The second-order valence-corrected chi connectivity index (χ2v) is 9.29. The molecule has 4 aliphatic carbocycles. The summed E-state index contributed by atoms with van der Waals surface area (Å²) in [6.07, 6.45) is 12.0. The first-order chi connectivity index (χ1) is 11.5. The molecule has 0 radical (unpaired) electrons. The number of Topliss-reactive ketones (excluding diaryl/α,β-unsaturated/α-hetero) is 1. The molecule has 3 saturated carbocycles. The highest BCUT2D eigenvalue weighted by Gasteiger charge is 2.62. The maximum Gasteiger partial charge on any atom is 0.139 e. The van der Waals surface area contributed by atoms with Crippen LogP contribution in [0, 0.1) is 40.4 Å². The van der Waals surface area contributed by atoms with E-state index in [1.165, 1.54) is 18.4 Å². The van der Waals surface area contributed by atoms with E-state index in [1.807, 2.05) is 0 Å². The smallest absolute Gasteiger partial charge is 0.139 e. The van der Waals surface area contributed by atoms with Gasteiger partial charge in [0, 0.05) is 17.3 Å². The number of carbonyl (C=O) groups excluding carboxylic acids is 1. The van der Waals surface area contributed by atoms with Crippen LogP contribution in [0.3, 0.4) is 0 Å². The first-order valence-electron chi connectivity index (χ1n) is 9.97. The highest BCUT2D eigenvalue weighted by molar-refractivity contribution is 5.87. The lowest BCUT2D eigenvalue weighted by Crippen LogP contribution is -2.55. The molecule has 0 heterocycles. The van der Waals surface area contributed by atoms with Crippen LogP contribution < -0.4 is 0 Å². The van der Waals surface area contributed by atoms with E-state index >= 15 is 0 Å². The van der Waals surface area contributed by atoms with Crippen molar-refractivity contribution in [1.29, 1.82) is 0 Å². The van der Waals surface area contributed by atoms with Gasteiger partial charge in [-0.25, -0.2) is 0 Å². The van der Waals surface area contributed by atoms with Crippen molar-refractivity contribution in [3.05, 3.63) is 24.3 Å². The van der Waals surface area contributed by atoms with E-state index in [2.05, 4.69) is 32.6 Å². The number of hydrogen-bond acceptors (Lipinski definition) is 2. The normalized spacial score (nSPS) is 50.4. The number of aliphatic hydroxyl groups is 1. The number of carbonyl (C=O) groups is 1. The third kappa shape index (κ3) is 2.01. The lowest BCUT2D eigenvalue weighted by molar-refractivity contribution is -0.138. The molecule has 0 aromatic carbocycles. The first-order valence-corrected chi connectivity index (χ1v) is 9.97. The average molecular weight is 328 g/mol. The van der Waals surface area contributed by atoms with E-state index in [-0.39, 0.29) is 17.4 Å². The molecule has 1 N–H and O–H groups in total. The minimum absolute atomic E-state index is 0.0602. The molecule has 0 aliphatic heterocycles. The van der Waals surface area contributed by atoms with Gasteiger partial charge in [0.2, 0.25) is 0 Å². The van der Waals surface area contributed by atoms with Crippen molar-refractivity contribution >= 4 is 5.78 Å². The van der Waals surface area contributed by atoms with Crippen LogP contribution in [0.1, 0.15) is 58.8 Å². The summed E-state index contributed by atoms with van der Waals surface area (Å²) in [5.41, 5.74) is 1.06. The van der Waals surface area contributed by atoms with Gasteiger partial charge in [0.15, 0.2) is 0 Å². The molecule has 2 nitrogen and oxygen atoms in total. The maximum absolute atomic E-state index is 12.8. The monoisotopic (exact) mass is 328 g/mol. The molecule has 0 spiro atoms. The molecule has 0 aromatic rings. The van der Waals surface area contributed by atoms with Crippen molar-refractivity contribution < 1.29 is 9.90 Å². The summed E-state index contributed by atoms with van der Waals surface area (Å²) >= 11 is 0. The second kappa shape index (κ2) is 5.56. The van der Waals surface area contributed by atoms with Crippen molar-refractivity contribution in [2.75, 3.05) is 6.61 Å². The van der Waals surface area contributed by atoms with Crippen molar-refractivity contribution in [3.8, 4) is 0 Å². The molecule has 132 valence electrons. The molecule has 0 amide bonds. The number of aliphatic hydroxyl groups excluding tert-OH is 1. The van der Waals surface area contributed by atoms with Crippen LogP contribution in [-0.4, -0.2) is 17.5 Å². The van der Waals surface area contributed by atoms with Crippen LogP contribution in [-0.2, 0) is 4.79 Å². The highest BCUT2D eigenvalue weighted by Crippen LogP contribution is 2.66. The summed E-state index contributed by atoms with van der Waals surface area (Å²) in [7, 11) is 0. The van der Waals surface area contributed by atoms with Gasteiger partial charge >= 0.3 is 0 Å². The zero-order valence-electron chi connectivity index (χ0n) is 15.3. The van der Waals surface area contributed by atoms with Crippen molar-refractivity contribution in [2.45, 2.75) is 58.8 Å². The van der Waals surface area contributed by atoms with Crippen molar-refractivity contribution in [1.82, 2.24) is 0 Å². The van der Waals surface area contributed by atoms with Crippen molar-refractivity contribution in [2.24, 2.45) is 40.4 Å². The van der Waals surface area contributed by atoms with Gasteiger partial charge in [-0.05, 0) is 61.7 Å². The Hall–Kier alpha value is -0.890. The van der Waals surface area contributed by atoms with Crippen LogP contribution in [0.4, 0.5) is 0 Å². The summed E-state index contributed by atoms with van der Waals surface area (Å²) < 4.78 is 0. The Labute approximate surface area is 146 Å². The number of ketones is 1. The molecule has 7 atom stereocenters. The second-order valence-electron chi connectivity index (χ2n) is 9.29. The lowest BCUT2D eigenvalue weighted by Gasteiger charge is -2.59. The molecule has 1 unspecified atom stereocenters. The van der Waals surface area contributed by atoms with Crippen LogP contribution >= 0.6 is 0 Å². The van der Waals surface area contributed by atoms with Gasteiger partial charge in [-0.3, -0.25) is 4.79 Å². The summed E-state index contributed by atoms with van der Waals surface area (Å²) in [6.45, 7) is 8.93. The molecule has 24 heavy (non-hydrogen) atoms. The van der Waals surface area contributed by atoms with E-state index in [4.69, 9.17) is 0 Å². The zero-order chi connectivity index (χ0) is 17.1. The largest absolute Gasteiger partial charge is 0.395 e. The standard InChI is InChI=1S/C22H32O2/c1-4-15-12-19(24)21(3)9-8-18-17(20(15)21)6-5-16-11-14(2)7-10-22(16,18)13-23/h7,10,15-18,20,23H,2,4-6,8-9,11-13H2,1,3H3/t15-,16?,17+,18-,20-,21+,22+/m0/s1. The Morgan fingerprint density at radius 2 is 2.08 bits per heavy atom. The molecule has 0 bridgehead atoms. The fourth-order valence-electron chi connectivity index (χ4n) is 7.27. The predicted molar refractivity (Wildman–Crippen MR) is 96.4 cm³/mol. The molecule has 2 heteroatoms. The Kier molecular flexibility index (Phi) is 3.84. The molecular weight excluding hydrogens is 296 g/mol. The molecule has 0 aromatic heterocycles. The Morgan fingerprint density at radius 1 is 1.29 bits per heavy atom. The number of hydrogen-bond donors (Lipinski definition) is 1. The van der Waals surface area contributed by atoms with Gasteiger partial charge in [-0.1, -0.05) is 44.6 Å². The van der Waals surface area contributed by atoms with Gasteiger partial charge in [0.1, 0.15) is 5.78 Å². The van der Waals surface area contributed by atoms with E-state index in [0.717, 1.165) is 32.1 Å². The Balaban J connectivity index is 1.74. The highest BCUT2D eigenvalue weighted by atomic mass is 16.3. The Bertz CT molecular complexity index is 591. The molecule has 3 fully saturated rings. The first kappa shape index (κ1) is 16.6. The topological polar surface area (TPSA) is 37.3 Å². The summed E-state index contributed by atoms with van der Waals surface area (Å²) in [5.74, 6) is 3.32. The fourth-order valence-corrected chi connectivity index (χ4v) is 7.27. The van der Waals surface area contributed by atoms with E-state index in [1.54, 1.807) is 0 Å². The minimum Gasteiger partial charge on any atom is -0.395 e. The summed E-state index contributed by atoms with van der Waals surface area (Å²) in [5, 5.41) is 10.4. The molecular formula is C22H32O2. The Morgan fingerprint density at radius 3 is 2.79 bits per heavy atom. The minimum atomic E-state index is -0.0900. The summed E-state index contributed by atoms with van der Waals surface area (Å²) in [6, 6.07) is 0. The predicted octanol–water partition coefficient (Wildman–Crippen LogP) is 4.54. The maximum atomic E-state index is 12.8. The quantitative estimate of drug-likeness (QED) is 0.808. The van der Waals surface area contributed by atoms with Crippen LogP contribution in [0.2, 0.25) is 0 Å². The third-order valence-corrected chi connectivity index (χ3v) is 8.52. The van der Waals surface area contributed by atoms with E-state index in [0.29, 0.717) is 35.4 Å². The van der Waals surface area contributed by atoms with Crippen LogP contribution in [0.15, 0.2) is 24.3 Å². The van der Waals surface area contributed by atoms with Gasteiger partial charge in [-0.15, -0.1) is 0 Å². The van der Waals surface area contributed by atoms with Crippen LogP contribution in [0.25, 0.3) is 0 Å². The van der Waals surface area contributed by atoms with Crippen molar-refractivity contribution in [3.63, 3.8) is 0 Å². The third-order valence-electron chi connectivity index (χ3n) is 8.52. The fraction of sp³-hybridized carbons (Fsp3) is 0.773. The number of rotatable bonds is 2. The number of fused-ring (bicyclic) bond motifs is 5. The van der Waals surface area contributed by atoms with E-state index in [9.17, 15) is 9.90 Å². The average Bonchev–Trinajstić information content (AvgIpc) is 2.85. The molecule has 0 saturated heterocycles. The van der Waals surface area contributed by atoms with E-state index < -0.39 is 0 Å².